The molecule has 0 bridgehead atoms. The lowest BCUT2D eigenvalue weighted by atomic mass is 10.2. The largest absolute Gasteiger partial charge is 0.332 e. The Balaban J connectivity index is 1.55. The highest BCUT2D eigenvalue weighted by Crippen LogP contribution is 2.32. The van der Waals surface area contributed by atoms with Gasteiger partial charge in [0.15, 0.2) is 11.2 Å². The van der Waals surface area contributed by atoms with Gasteiger partial charge in [-0.05, 0) is 31.9 Å². The van der Waals surface area contributed by atoms with Gasteiger partial charge in [0, 0.05) is 32.0 Å². The molecule has 0 aromatic carbocycles. The highest BCUT2D eigenvalue weighted by molar-refractivity contribution is 6.05. The van der Waals surface area contributed by atoms with Crippen LogP contribution in [0.5, 0.6) is 0 Å². The number of carbonyl (C=O) groups is 1. The third-order valence-corrected chi connectivity index (χ3v) is 5.41. The topological polar surface area (TPSA) is 124 Å². The van der Waals surface area contributed by atoms with Crippen molar-refractivity contribution in [2.75, 3.05) is 11.9 Å². The van der Waals surface area contributed by atoms with Gasteiger partial charge in [0.05, 0.1) is 23.6 Å². The van der Waals surface area contributed by atoms with Crippen LogP contribution in [0.4, 0.5) is 5.69 Å². The van der Waals surface area contributed by atoms with Crippen LogP contribution in [-0.4, -0.2) is 46.8 Å². The molecule has 11 nitrogen and oxygen atoms in total. The summed E-state index contributed by atoms with van der Waals surface area (Å²) in [7, 11) is 1.64. The maximum Gasteiger partial charge on any atom is 0.332 e. The molecule has 1 saturated carbocycles. The molecule has 4 heterocycles. The average molecular weight is 420 g/mol. The van der Waals surface area contributed by atoms with E-state index in [2.05, 4.69) is 20.1 Å². The van der Waals surface area contributed by atoms with Gasteiger partial charge in [0.1, 0.15) is 0 Å². The van der Waals surface area contributed by atoms with Crippen LogP contribution in [0.2, 0.25) is 0 Å². The van der Waals surface area contributed by atoms with Gasteiger partial charge in [0.25, 0.3) is 11.5 Å². The summed E-state index contributed by atoms with van der Waals surface area (Å²) in [4.78, 5) is 51.2. The zero-order valence-electron chi connectivity index (χ0n) is 17.0. The minimum Gasteiger partial charge on any atom is -0.316 e. The fourth-order valence-corrected chi connectivity index (χ4v) is 3.58. The molecule has 158 valence electrons. The smallest absolute Gasteiger partial charge is 0.316 e. The number of pyridine rings is 1. The van der Waals surface area contributed by atoms with E-state index in [1.165, 1.54) is 31.1 Å². The van der Waals surface area contributed by atoms with Crippen LogP contribution < -0.4 is 16.1 Å². The Bertz CT molecular complexity index is 1410. The number of aryl methyl sites for hydroxylation is 1. The van der Waals surface area contributed by atoms with Crippen molar-refractivity contribution in [2.24, 2.45) is 0 Å². The van der Waals surface area contributed by atoms with Gasteiger partial charge in [-0.2, -0.15) is 10.1 Å². The first kappa shape index (κ1) is 19.0. The molecule has 0 atom stereocenters. The number of aromatic nitrogens is 7. The molecule has 0 aliphatic heterocycles. The molecule has 0 spiro atoms. The van der Waals surface area contributed by atoms with Gasteiger partial charge >= 0.3 is 5.69 Å². The number of imidazole rings is 1. The van der Waals surface area contributed by atoms with Crippen molar-refractivity contribution in [3.63, 3.8) is 0 Å². The Labute approximate surface area is 175 Å². The number of fused-ring (bicyclic) bond motifs is 1. The number of rotatable bonds is 5. The highest BCUT2D eigenvalue weighted by Gasteiger charge is 2.30. The predicted octanol–water partition coefficient (Wildman–Crippen LogP) is 1.10. The zero-order chi connectivity index (χ0) is 21.7. The Morgan fingerprint density at radius 1 is 1.29 bits per heavy atom. The van der Waals surface area contributed by atoms with Crippen LogP contribution >= 0.6 is 0 Å². The van der Waals surface area contributed by atoms with Crippen molar-refractivity contribution >= 4 is 22.8 Å². The van der Waals surface area contributed by atoms with Gasteiger partial charge in [-0.1, -0.05) is 0 Å². The molecular formula is C20H20N8O3. The lowest BCUT2D eigenvalue weighted by Crippen LogP contribution is -2.39. The minimum atomic E-state index is -0.373. The molecule has 1 N–H and O–H groups in total. The number of nitrogens with zero attached hydrogens (tertiary/aromatic N) is 7. The standard InChI is InChI=1S/C20H20N8O3/c1-3-26-16-15(18(30)28(20(26)31)13-6-7-13)23-19(24-16)27-11-14(10-22-27)25(2)17(29)12-5-4-8-21-9-12/h4-5,8-11,13H,3,6-7H2,1-2H3,(H,23,24). The van der Waals surface area contributed by atoms with E-state index >= 15 is 0 Å². The van der Waals surface area contributed by atoms with Gasteiger partial charge in [-0.25, -0.2) is 9.48 Å². The highest BCUT2D eigenvalue weighted by atomic mass is 16.2. The van der Waals surface area contributed by atoms with E-state index in [0.717, 1.165) is 12.8 Å². The minimum absolute atomic E-state index is 0.0441. The SMILES string of the molecule is CCn1c(=O)n(C2CC2)c(=O)c2[nH]c(-n3cc(N(C)C(=O)c4cccnc4)cn3)nc21. The van der Waals surface area contributed by atoms with E-state index < -0.39 is 0 Å². The number of hydrogen-bond donors (Lipinski definition) is 1. The fraction of sp³-hybridized carbons (Fsp3) is 0.300. The number of amides is 1. The second-order valence-corrected chi connectivity index (χ2v) is 7.44. The van der Waals surface area contributed by atoms with Crippen molar-refractivity contribution in [1.29, 1.82) is 0 Å². The first-order chi connectivity index (χ1) is 15.0. The summed E-state index contributed by atoms with van der Waals surface area (Å²) >= 11 is 0. The fourth-order valence-electron chi connectivity index (χ4n) is 3.58. The lowest BCUT2D eigenvalue weighted by molar-refractivity contribution is 0.0992. The van der Waals surface area contributed by atoms with Crippen molar-refractivity contribution < 1.29 is 4.79 Å². The lowest BCUT2D eigenvalue weighted by Gasteiger charge is -2.14. The van der Waals surface area contributed by atoms with Crippen molar-refractivity contribution in [3.8, 4) is 5.95 Å². The van der Waals surface area contributed by atoms with E-state index in [1.807, 2.05) is 6.92 Å². The normalized spacial score (nSPS) is 13.6. The quantitative estimate of drug-likeness (QED) is 0.516. The van der Waals surface area contributed by atoms with E-state index in [4.69, 9.17) is 0 Å². The van der Waals surface area contributed by atoms with Gasteiger partial charge in [-0.15, -0.1) is 0 Å². The summed E-state index contributed by atoms with van der Waals surface area (Å²) in [5.41, 5.74) is 0.832. The zero-order valence-corrected chi connectivity index (χ0v) is 17.0. The summed E-state index contributed by atoms with van der Waals surface area (Å²) in [6.45, 7) is 2.22. The van der Waals surface area contributed by atoms with Crippen molar-refractivity contribution in [3.05, 3.63) is 63.3 Å². The van der Waals surface area contributed by atoms with Crippen LogP contribution in [0, 0.1) is 0 Å². The number of aromatic amines is 1. The maximum absolute atomic E-state index is 12.9. The molecule has 31 heavy (non-hydrogen) atoms. The molecule has 1 aliphatic carbocycles. The molecule has 4 aromatic heterocycles. The summed E-state index contributed by atoms with van der Waals surface area (Å²) in [5.74, 6) is 0.0557. The van der Waals surface area contributed by atoms with E-state index in [1.54, 1.807) is 31.6 Å². The number of hydrogen-bond acceptors (Lipinski definition) is 6. The van der Waals surface area contributed by atoms with Crippen LogP contribution in [0.15, 0.2) is 46.5 Å². The third kappa shape index (κ3) is 3.05. The van der Waals surface area contributed by atoms with Crippen molar-refractivity contribution in [1.82, 2.24) is 33.9 Å². The van der Waals surface area contributed by atoms with E-state index in [-0.39, 0.29) is 34.7 Å². The Kier molecular flexibility index (Phi) is 4.31. The van der Waals surface area contributed by atoms with E-state index in [0.29, 0.717) is 23.4 Å². The van der Waals surface area contributed by atoms with Crippen LogP contribution in [-0.2, 0) is 6.54 Å². The number of nitrogens with one attached hydrogen (secondary N) is 1. The molecule has 4 aromatic rings. The average Bonchev–Trinajstić information content (AvgIpc) is 3.32. The van der Waals surface area contributed by atoms with E-state index in [9.17, 15) is 14.4 Å². The first-order valence-electron chi connectivity index (χ1n) is 9.97. The predicted molar refractivity (Wildman–Crippen MR) is 113 cm³/mol. The van der Waals surface area contributed by atoms with Crippen molar-refractivity contribution in [2.45, 2.75) is 32.4 Å². The maximum atomic E-state index is 12.9. The number of carbonyl (C=O) groups excluding carboxylic acids is 1. The summed E-state index contributed by atoms with van der Waals surface area (Å²) in [6, 6.07) is 3.34. The molecule has 1 aliphatic rings. The molecule has 0 saturated heterocycles. The first-order valence-corrected chi connectivity index (χ1v) is 9.97. The van der Waals surface area contributed by atoms with Crippen LogP contribution in [0.3, 0.4) is 0 Å². The monoisotopic (exact) mass is 420 g/mol. The third-order valence-electron chi connectivity index (χ3n) is 5.41. The molecule has 0 unspecified atom stereocenters. The van der Waals surface area contributed by atoms with Gasteiger partial charge in [0.2, 0.25) is 5.95 Å². The Morgan fingerprint density at radius 3 is 2.77 bits per heavy atom. The van der Waals surface area contributed by atoms with Gasteiger partial charge in [-0.3, -0.25) is 23.7 Å². The molecule has 0 radical (unpaired) electrons. The molecule has 1 fully saturated rings. The molecule has 11 heteroatoms. The van der Waals surface area contributed by atoms with Crippen LogP contribution in [0.1, 0.15) is 36.2 Å². The molecular weight excluding hydrogens is 400 g/mol. The van der Waals surface area contributed by atoms with Crippen LogP contribution in [0.25, 0.3) is 17.1 Å². The Hall–Kier alpha value is -4.02. The Morgan fingerprint density at radius 2 is 2.10 bits per heavy atom. The molecule has 1 amide bonds. The van der Waals surface area contributed by atoms with Gasteiger partial charge < -0.3 is 9.88 Å². The number of H-pyrrole nitrogens is 1. The second-order valence-electron chi connectivity index (χ2n) is 7.44. The summed E-state index contributed by atoms with van der Waals surface area (Å²) in [5, 5.41) is 4.27. The molecule has 5 rings (SSSR count). The summed E-state index contributed by atoms with van der Waals surface area (Å²) < 4.78 is 4.23. The number of anilines is 1. The second kappa shape index (κ2) is 7.04. The summed E-state index contributed by atoms with van der Waals surface area (Å²) in [6.07, 6.45) is 7.90.